The minimum absolute atomic E-state index is 0.0935. The van der Waals surface area contributed by atoms with Gasteiger partial charge in [-0.1, -0.05) is 0 Å². The number of hydrogen-bond donors (Lipinski definition) is 2. The summed E-state index contributed by atoms with van der Waals surface area (Å²) in [5.41, 5.74) is -6.10. The highest BCUT2D eigenvalue weighted by atomic mass is 32.2. The lowest BCUT2D eigenvalue weighted by molar-refractivity contribution is -0.119. The van der Waals surface area contributed by atoms with E-state index in [4.69, 9.17) is 4.74 Å². The lowest BCUT2D eigenvalue weighted by Gasteiger charge is -2.26. The van der Waals surface area contributed by atoms with E-state index in [-0.39, 0.29) is 50.5 Å². The van der Waals surface area contributed by atoms with Gasteiger partial charge in [-0.15, -0.1) is 0 Å². The van der Waals surface area contributed by atoms with Gasteiger partial charge in [-0.25, -0.2) is 18.1 Å². The van der Waals surface area contributed by atoms with Crippen LogP contribution in [0.5, 0.6) is 0 Å². The first-order valence-electron chi connectivity index (χ1n) is 11.6. The number of ether oxygens (including phenoxy) is 1. The number of aromatic nitrogens is 1. The molecule has 1 saturated carbocycles. The molecule has 2 saturated heterocycles. The monoisotopic (exact) mass is 589 g/mol. The molecule has 1 aromatic carbocycles. The summed E-state index contributed by atoms with van der Waals surface area (Å²) >= 11 is 0. The van der Waals surface area contributed by atoms with Gasteiger partial charge >= 0.3 is 21.7 Å². The van der Waals surface area contributed by atoms with Crippen molar-refractivity contribution in [3.05, 3.63) is 48.3 Å². The average Bonchev–Trinajstić information content (AvgIpc) is 3.50. The van der Waals surface area contributed by atoms with E-state index in [0.29, 0.717) is 17.7 Å². The molecule has 39 heavy (non-hydrogen) atoms. The largest absolute Gasteiger partial charge is 0.501 e. The number of hydrogen-bond acceptors (Lipinski definition) is 8. The van der Waals surface area contributed by atoms with Crippen molar-refractivity contribution < 1.29 is 44.3 Å². The highest BCUT2D eigenvalue weighted by Crippen LogP contribution is 2.51. The number of sulfone groups is 1. The number of alkyl halides is 3. The molecule has 2 unspecified atom stereocenters. The summed E-state index contributed by atoms with van der Waals surface area (Å²) in [6, 6.07) is 4.05. The molecule has 1 aromatic heterocycles. The number of nitrogens with zero attached hydrogens (tertiary/aromatic N) is 3. The Balaban J connectivity index is 1.31. The number of benzene rings is 1. The van der Waals surface area contributed by atoms with E-state index < -0.39 is 53.8 Å². The van der Waals surface area contributed by atoms with Crippen molar-refractivity contribution in [3.8, 4) is 0 Å². The fourth-order valence-corrected chi connectivity index (χ4v) is 6.66. The molecule has 5 rings (SSSR count). The Bertz CT molecular complexity index is 1530. The molecule has 3 fully saturated rings. The van der Waals surface area contributed by atoms with Crippen LogP contribution in [0.2, 0.25) is 0 Å². The molecule has 2 atom stereocenters. The standard InChI is InChI=1S/C22H22F3N5O7S2/c23-22(24,25)38(33,34)17-3-1-16(2-4-17)30-19(31)21(27-20(30)32)12-15(21)11-14-5-6-26-13-18(14)28-39(35,36)29-7-9-37-10-8-29/h1-6,13,15,28H,7-12H2,(H,27,32). The van der Waals surface area contributed by atoms with Gasteiger partial charge in [-0.3, -0.25) is 14.5 Å². The zero-order valence-corrected chi connectivity index (χ0v) is 21.6. The second kappa shape index (κ2) is 9.42. The van der Waals surface area contributed by atoms with Crippen LogP contribution in [0.15, 0.2) is 47.6 Å². The summed E-state index contributed by atoms with van der Waals surface area (Å²) in [5, 5.41) is 2.62. The average molecular weight is 590 g/mol. The van der Waals surface area contributed by atoms with E-state index in [1.54, 1.807) is 6.07 Å². The van der Waals surface area contributed by atoms with Gasteiger partial charge in [0.25, 0.3) is 15.7 Å². The van der Waals surface area contributed by atoms with Gasteiger partial charge in [-0.2, -0.15) is 25.9 Å². The van der Waals surface area contributed by atoms with E-state index >= 15 is 0 Å². The van der Waals surface area contributed by atoms with Crippen LogP contribution in [0.1, 0.15) is 12.0 Å². The first-order valence-corrected chi connectivity index (χ1v) is 14.6. The molecule has 3 aliphatic rings. The lowest BCUT2D eigenvalue weighted by atomic mass is 10.0. The van der Waals surface area contributed by atoms with E-state index in [0.717, 1.165) is 17.0 Å². The number of urea groups is 1. The zero-order valence-electron chi connectivity index (χ0n) is 20.0. The number of amides is 3. The van der Waals surface area contributed by atoms with Crippen molar-refractivity contribution in [3.63, 3.8) is 0 Å². The molecule has 3 amide bonds. The van der Waals surface area contributed by atoms with Crippen LogP contribution in [0.3, 0.4) is 0 Å². The third-order valence-electron chi connectivity index (χ3n) is 6.86. The van der Waals surface area contributed by atoms with E-state index in [1.165, 1.54) is 16.7 Å². The predicted molar refractivity (Wildman–Crippen MR) is 129 cm³/mol. The van der Waals surface area contributed by atoms with Gasteiger partial charge in [0.2, 0.25) is 0 Å². The smallest absolute Gasteiger partial charge is 0.379 e. The SMILES string of the molecule is O=C1NC2(CC2Cc2ccncc2NS(=O)(=O)N2CCOCC2)C(=O)N1c1ccc(S(=O)(=O)C(F)(F)F)cc1. The molecule has 12 nitrogen and oxygen atoms in total. The van der Waals surface area contributed by atoms with Crippen LogP contribution in [-0.2, 0) is 36.0 Å². The number of morpholine rings is 1. The maximum atomic E-state index is 13.3. The van der Waals surface area contributed by atoms with Crippen LogP contribution in [0, 0.1) is 5.92 Å². The molecular formula is C22H22F3N5O7S2. The number of halogens is 3. The van der Waals surface area contributed by atoms with Crippen molar-refractivity contribution >= 4 is 43.4 Å². The number of carbonyl (C=O) groups is 2. The fraction of sp³-hybridized carbons (Fsp3) is 0.409. The Kier molecular flexibility index (Phi) is 6.60. The Morgan fingerprint density at radius 2 is 1.74 bits per heavy atom. The van der Waals surface area contributed by atoms with Gasteiger partial charge in [0, 0.05) is 19.3 Å². The minimum atomic E-state index is -5.59. The third-order valence-corrected chi connectivity index (χ3v) is 9.88. The molecule has 1 spiro atoms. The molecule has 0 bridgehead atoms. The summed E-state index contributed by atoms with van der Waals surface area (Å²) < 4.78 is 96.3. The van der Waals surface area contributed by atoms with Crippen LogP contribution >= 0.6 is 0 Å². The highest BCUT2D eigenvalue weighted by Gasteiger charge is 2.67. The molecule has 2 aromatic rings. The van der Waals surface area contributed by atoms with Crippen molar-refractivity contribution in [1.82, 2.24) is 14.6 Å². The number of carbonyl (C=O) groups excluding carboxylic acids is 2. The topological polar surface area (TPSA) is 155 Å². The number of imide groups is 1. The van der Waals surface area contributed by atoms with Crippen molar-refractivity contribution in [2.24, 2.45) is 5.92 Å². The highest BCUT2D eigenvalue weighted by molar-refractivity contribution is 7.92. The molecule has 210 valence electrons. The van der Waals surface area contributed by atoms with Crippen LogP contribution in [0.4, 0.5) is 29.3 Å². The van der Waals surface area contributed by atoms with E-state index in [1.807, 2.05) is 0 Å². The molecule has 3 heterocycles. The number of anilines is 2. The first kappa shape index (κ1) is 27.3. The number of nitrogens with one attached hydrogen (secondary N) is 2. The summed E-state index contributed by atoms with van der Waals surface area (Å²) in [5.74, 6) is -1.05. The second-order valence-electron chi connectivity index (χ2n) is 9.24. The van der Waals surface area contributed by atoms with Crippen LogP contribution < -0.4 is 14.9 Å². The lowest BCUT2D eigenvalue weighted by Crippen LogP contribution is -2.43. The van der Waals surface area contributed by atoms with Crippen molar-refractivity contribution in [1.29, 1.82) is 0 Å². The Hall–Kier alpha value is -3.28. The van der Waals surface area contributed by atoms with E-state index in [2.05, 4.69) is 15.0 Å². The van der Waals surface area contributed by atoms with Gasteiger partial charge in [0.1, 0.15) is 5.54 Å². The Labute approximate surface area is 221 Å². The molecule has 1 aliphatic carbocycles. The molecule has 2 N–H and O–H groups in total. The predicted octanol–water partition coefficient (Wildman–Crippen LogP) is 1.42. The normalized spacial score (nSPS) is 24.2. The fourth-order valence-electron chi connectivity index (χ4n) is 4.67. The first-order chi connectivity index (χ1) is 18.3. The van der Waals surface area contributed by atoms with Gasteiger partial charge < -0.3 is 10.1 Å². The molecule has 2 aliphatic heterocycles. The van der Waals surface area contributed by atoms with Gasteiger partial charge in [-0.05, 0) is 54.7 Å². The summed E-state index contributed by atoms with van der Waals surface area (Å²) in [4.78, 5) is 29.7. The zero-order chi connectivity index (χ0) is 28.2. The maximum Gasteiger partial charge on any atom is 0.501 e. The second-order valence-corrected chi connectivity index (χ2v) is 12.9. The van der Waals surface area contributed by atoms with Gasteiger partial charge in [0.05, 0.1) is 35.7 Å². The summed E-state index contributed by atoms with van der Waals surface area (Å²) in [6.07, 6.45) is 3.27. The Morgan fingerprint density at radius 3 is 2.38 bits per heavy atom. The minimum Gasteiger partial charge on any atom is -0.379 e. The van der Waals surface area contributed by atoms with Gasteiger partial charge in [0.15, 0.2) is 0 Å². The third kappa shape index (κ3) is 4.83. The van der Waals surface area contributed by atoms with Crippen molar-refractivity contribution in [2.45, 2.75) is 28.8 Å². The van der Waals surface area contributed by atoms with Crippen LogP contribution in [0.25, 0.3) is 0 Å². The molecule has 17 heteroatoms. The summed E-state index contributed by atoms with van der Waals surface area (Å²) in [7, 11) is -9.47. The molecule has 0 radical (unpaired) electrons. The summed E-state index contributed by atoms with van der Waals surface area (Å²) in [6.45, 7) is 0.918. The van der Waals surface area contributed by atoms with Crippen LogP contribution in [-0.4, -0.2) is 75.4 Å². The van der Waals surface area contributed by atoms with E-state index in [9.17, 15) is 39.6 Å². The maximum absolute atomic E-state index is 13.3. The van der Waals surface area contributed by atoms with Crippen molar-refractivity contribution in [2.75, 3.05) is 35.9 Å². The molecular weight excluding hydrogens is 567 g/mol. The number of pyridine rings is 1. The number of rotatable bonds is 7. The quantitative estimate of drug-likeness (QED) is 0.460. The Morgan fingerprint density at radius 1 is 1.08 bits per heavy atom.